The number of nitrogens with two attached hydrogens (primary N) is 1. The average Bonchev–Trinajstić information content (AvgIpc) is 3.34. The molecule has 0 saturated carbocycles. The molecule has 2 aromatic carbocycles. The zero-order chi connectivity index (χ0) is 21.1. The lowest BCUT2D eigenvalue weighted by Crippen LogP contribution is -2.26. The van der Waals surface area contributed by atoms with Gasteiger partial charge in [0.25, 0.3) is 10.0 Å². The fourth-order valence-electron chi connectivity index (χ4n) is 3.59. The van der Waals surface area contributed by atoms with E-state index >= 15 is 0 Å². The van der Waals surface area contributed by atoms with E-state index in [9.17, 15) is 8.42 Å². The lowest BCUT2D eigenvalue weighted by atomic mass is 10.1. The van der Waals surface area contributed by atoms with Gasteiger partial charge in [-0.15, -0.1) is 0 Å². The van der Waals surface area contributed by atoms with E-state index in [4.69, 9.17) is 19.8 Å². The van der Waals surface area contributed by atoms with Crippen LogP contribution in [0.2, 0.25) is 0 Å². The molecule has 10 heteroatoms. The summed E-state index contributed by atoms with van der Waals surface area (Å²) in [5.74, 6) is 0.594. The van der Waals surface area contributed by atoms with Gasteiger partial charge in [0.2, 0.25) is 0 Å². The first-order valence-electron chi connectivity index (χ1n) is 9.58. The minimum Gasteiger partial charge on any atom is -0.496 e. The standard InChI is InChI=1S/C20H24N4O5S/c1-27-18-9-14(11-24-8-7-15(21)12-24)10-19-20(18)17(22-29-19)13-28-23-30(25,26)16-5-3-2-4-6-16/h2-6,9-10,15,23H,7-8,11-13,21H2,1H3. The maximum atomic E-state index is 12.3. The number of ether oxygens (including phenoxy) is 1. The smallest absolute Gasteiger partial charge is 0.262 e. The van der Waals surface area contributed by atoms with E-state index in [1.807, 2.05) is 12.1 Å². The highest BCUT2D eigenvalue weighted by molar-refractivity contribution is 7.89. The molecule has 1 atom stereocenters. The Balaban J connectivity index is 1.48. The molecule has 3 N–H and O–H groups in total. The molecule has 9 nitrogen and oxygen atoms in total. The molecule has 160 valence electrons. The molecule has 1 aliphatic rings. The first kappa shape index (κ1) is 20.8. The van der Waals surface area contributed by atoms with Crippen molar-refractivity contribution in [2.45, 2.75) is 30.5 Å². The maximum Gasteiger partial charge on any atom is 0.262 e. The van der Waals surface area contributed by atoms with Crippen LogP contribution in [0, 0.1) is 0 Å². The van der Waals surface area contributed by atoms with Crippen molar-refractivity contribution in [3.8, 4) is 5.75 Å². The molecule has 1 aliphatic heterocycles. The summed E-state index contributed by atoms with van der Waals surface area (Å²) in [5, 5.41) is 4.68. The summed E-state index contributed by atoms with van der Waals surface area (Å²) >= 11 is 0. The van der Waals surface area contributed by atoms with E-state index in [2.05, 4.69) is 14.9 Å². The fourth-order valence-corrected chi connectivity index (χ4v) is 4.41. The van der Waals surface area contributed by atoms with Crippen LogP contribution in [-0.2, 0) is 28.0 Å². The minimum absolute atomic E-state index is 0.110. The van der Waals surface area contributed by atoms with Crippen LogP contribution < -0.4 is 15.4 Å². The van der Waals surface area contributed by atoms with Gasteiger partial charge in [0, 0.05) is 25.7 Å². The molecule has 0 spiro atoms. The van der Waals surface area contributed by atoms with Gasteiger partial charge in [0.1, 0.15) is 18.1 Å². The van der Waals surface area contributed by atoms with E-state index in [0.717, 1.165) is 31.6 Å². The molecule has 3 aromatic rings. The lowest BCUT2D eigenvalue weighted by Gasteiger charge is -2.15. The molecule has 0 aliphatic carbocycles. The van der Waals surface area contributed by atoms with E-state index in [-0.39, 0.29) is 17.5 Å². The van der Waals surface area contributed by atoms with Crippen LogP contribution in [0.4, 0.5) is 0 Å². The number of fused-ring (bicyclic) bond motifs is 1. The number of nitrogens with one attached hydrogen (secondary N) is 1. The fraction of sp³-hybridized carbons (Fsp3) is 0.350. The minimum atomic E-state index is -3.78. The third kappa shape index (κ3) is 4.47. The van der Waals surface area contributed by atoms with Gasteiger partial charge >= 0.3 is 0 Å². The van der Waals surface area contributed by atoms with Gasteiger partial charge in [-0.25, -0.2) is 8.42 Å². The van der Waals surface area contributed by atoms with Gasteiger partial charge in [0.15, 0.2) is 5.58 Å². The molecule has 1 saturated heterocycles. The Kier molecular flexibility index (Phi) is 6.02. The number of hydrogen-bond acceptors (Lipinski definition) is 8. The number of nitrogens with zero attached hydrogens (tertiary/aromatic N) is 2. The van der Waals surface area contributed by atoms with Crippen LogP contribution in [0.25, 0.3) is 11.0 Å². The first-order chi connectivity index (χ1) is 14.5. The van der Waals surface area contributed by atoms with Crippen molar-refractivity contribution < 1.29 is 22.5 Å². The number of likely N-dealkylation sites (tertiary alicyclic amines) is 1. The summed E-state index contributed by atoms with van der Waals surface area (Å²) in [5.41, 5.74) is 8.01. The third-order valence-electron chi connectivity index (χ3n) is 5.03. The molecule has 1 fully saturated rings. The molecule has 4 rings (SSSR count). The Hall–Kier alpha value is -2.50. The third-order valence-corrected chi connectivity index (χ3v) is 6.26. The predicted octanol–water partition coefficient (Wildman–Crippen LogP) is 1.78. The molecule has 1 aromatic heterocycles. The number of aromatic nitrogens is 1. The molecule has 1 unspecified atom stereocenters. The van der Waals surface area contributed by atoms with E-state index in [1.165, 1.54) is 12.1 Å². The second-order valence-corrected chi connectivity index (χ2v) is 8.92. The van der Waals surface area contributed by atoms with Crippen molar-refractivity contribution >= 4 is 21.0 Å². The molecular formula is C20H24N4O5S. The largest absolute Gasteiger partial charge is 0.496 e. The van der Waals surface area contributed by atoms with Gasteiger partial charge in [-0.1, -0.05) is 28.2 Å². The molecular weight excluding hydrogens is 408 g/mol. The quantitative estimate of drug-likeness (QED) is 0.517. The van der Waals surface area contributed by atoms with Crippen LogP contribution >= 0.6 is 0 Å². The number of sulfonamides is 1. The van der Waals surface area contributed by atoms with Crippen LogP contribution in [-0.4, -0.2) is 44.7 Å². The first-order valence-corrected chi connectivity index (χ1v) is 11.1. The van der Waals surface area contributed by atoms with Gasteiger partial charge in [-0.3, -0.25) is 9.74 Å². The maximum absolute atomic E-state index is 12.3. The number of benzene rings is 2. The summed E-state index contributed by atoms with van der Waals surface area (Å²) in [7, 11) is -2.22. The average molecular weight is 433 g/mol. The molecule has 0 bridgehead atoms. The van der Waals surface area contributed by atoms with E-state index in [0.29, 0.717) is 22.4 Å². The highest BCUT2D eigenvalue weighted by Crippen LogP contribution is 2.32. The Bertz CT molecular complexity index is 1120. The summed E-state index contributed by atoms with van der Waals surface area (Å²) in [6.07, 6.45) is 0.988. The van der Waals surface area contributed by atoms with Crippen molar-refractivity contribution in [2.24, 2.45) is 5.73 Å². The van der Waals surface area contributed by atoms with Crippen molar-refractivity contribution in [3.63, 3.8) is 0 Å². The SMILES string of the molecule is COc1cc(CN2CCC(N)C2)cc2onc(CONS(=O)(=O)c3ccccc3)c12. The lowest BCUT2D eigenvalue weighted by molar-refractivity contribution is 0.0760. The Morgan fingerprint density at radius 3 is 2.80 bits per heavy atom. The Labute approximate surface area is 174 Å². The highest BCUT2D eigenvalue weighted by atomic mass is 32.2. The number of hydrogen-bond donors (Lipinski definition) is 2. The van der Waals surface area contributed by atoms with Gasteiger partial charge in [-0.2, -0.15) is 0 Å². The second kappa shape index (κ2) is 8.70. The second-order valence-electron chi connectivity index (χ2n) is 7.27. The highest BCUT2D eigenvalue weighted by Gasteiger charge is 2.21. The van der Waals surface area contributed by atoms with E-state index in [1.54, 1.807) is 25.3 Å². The summed E-state index contributed by atoms with van der Waals surface area (Å²) < 4.78 is 35.5. The Morgan fingerprint density at radius 2 is 2.10 bits per heavy atom. The van der Waals surface area contributed by atoms with E-state index < -0.39 is 10.0 Å². The van der Waals surface area contributed by atoms with Crippen LogP contribution in [0.5, 0.6) is 5.75 Å². The molecule has 30 heavy (non-hydrogen) atoms. The number of rotatable bonds is 8. The number of methoxy groups -OCH3 is 1. The van der Waals surface area contributed by atoms with Crippen LogP contribution in [0.3, 0.4) is 0 Å². The van der Waals surface area contributed by atoms with Crippen molar-refractivity contribution in [2.75, 3.05) is 20.2 Å². The zero-order valence-corrected chi connectivity index (χ0v) is 17.4. The molecule has 0 radical (unpaired) electrons. The van der Waals surface area contributed by atoms with Crippen molar-refractivity contribution in [1.29, 1.82) is 0 Å². The summed E-state index contributed by atoms with van der Waals surface area (Å²) in [6.45, 7) is 2.44. The van der Waals surface area contributed by atoms with Gasteiger partial charge < -0.3 is 15.0 Å². The van der Waals surface area contributed by atoms with Crippen molar-refractivity contribution in [1.82, 2.24) is 14.9 Å². The normalized spacial score (nSPS) is 17.6. The van der Waals surface area contributed by atoms with Gasteiger partial charge in [-0.05, 0) is 36.2 Å². The predicted molar refractivity (Wildman–Crippen MR) is 110 cm³/mol. The Morgan fingerprint density at radius 1 is 1.30 bits per heavy atom. The van der Waals surface area contributed by atoms with Gasteiger partial charge in [0.05, 0.1) is 17.4 Å². The van der Waals surface area contributed by atoms with Crippen LogP contribution in [0.15, 0.2) is 51.9 Å². The monoisotopic (exact) mass is 432 g/mol. The van der Waals surface area contributed by atoms with Crippen molar-refractivity contribution in [3.05, 3.63) is 53.7 Å². The molecule has 2 heterocycles. The topological polar surface area (TPSA) is 120 Å². The molecule has 0 amide bonds. The zero-order valence-electron chi connectivity index (χ0n) is 16.6. The summed E-state index contributed by atoms with van der Waals surface area (Å²) in [6, 6.07) is 12.0. The van der Waals surface area contributed by atoms with Crippen LogP contribution in [0.1, 0.15) is 17.7 Å². The summed E-state index contributed by atoms with van der Waals surface area (Å²) in [4.78, 5) is 9.72.